The largest absolute Gasteiger partial charge is 0.334 e. The molecule has 0 radical (unpaired) electrons. The summed E-state index contributed by atoms with van der Waals surface area (Å²) in [6.45, 7) is 0. The number of nitrogen functional groups attached to an aromatic ring is 1. The minimum Gasteiger partial charge on any atom is -0.334 e. The predicted molar refractivity (Wildman–Crippen MR) is 109 cm³/mol. The van der Waals surface area contributed by atoms with Gasteiger partial charge in [0.2, 0.25) is 11.1 Å². The number of carbonyl (C=O) groups is 1. The number of halogens is 3. The summed E-state index contributed by atoms with van der Waals surface area (Å²) in [7, 11) is 0. The first kappa shape index (κ1) is 20.6. The van der Waals surface area contributed by atoms with E-state index in [1.54, 1.807) is 18.2 Å². The number of para-hydroxylation sites is 1. The summed E-state index contributed by atoms with van der Waals surface area (Å²) >= 11 is 6.83. The summed E-state index contributed by atoms with van der Waals surface area (Å²) in [5.74, 6) is 3.44. The number of nitrogens with one attached hydrogen (secondary N) is 2. The van der Waals surface area contributed by atoms with E-state index in [4.69, 9.17) is 17.4 Å². The van der Waals surface area contributed by atoms with Crippen molar-refractivity contribution < 1.29 is 13.6 Å². The summed E-state index contributed by atoms with van der Waals surface area (Å²) in [4.78, 5) is 12.0. The van der Waals surface area contributed by atoms with Crippen LogP contribution in [0.4, 0.5) is 20.4 Å². The van der Waals surface area contributed by atoms with Gasteiger partial charge in [-0.3, -0.25) is 4.79 Å². The molecule has 1 aromatic heterocycles. The first-order valence-corrected chi connectivity index (χ1v) is 9.42. The number of carbonyl (C=O) groups excluding carboxylic acids is 1. The van der Waals surface area contributed by atoms with Gasteiger partial charge < -0.3 is 11.2 Å². The van der Waals surface area contributed by atoms with Gasteiger partial charge in [-0.25, -0.2) is 18.9 Å². The molecule has 2 aromatic carbocycles. The summed E-state index contributed by atoms with van der Waals surface area (Å²) in [6, 6.07) is 10.3. The van der Waals surface area contributed by atoms with Crippen molar-refractivity contribution in [3.63, 3.8) is 0 Å². The molecule has 4 N–H and O–H groups in total. The smallest absolute Gasteiger partial charge is 0.264 e. The summed E-state index contributed by atoms with van der Waals surface area (Å²) in [5.41, 5.74) is 2.88. The lowest BCUT2D eigenvalue weighted by Crippen LogP contribution is -2.18. The van der Waals surface area contributed by atoms with E-state index in [0.717, 1.165) is 34.1 Å². The van der Waals surface area contributed by atoms with Crippen LogP contribution in [0, 0.1) is 11.6 Å². The molecule has 1 amide bonds. The second-order valence-corrected chi connectivity index (χ2v) is 6.91. The predicted octanol–water partition coefficient (Wildman–Crippen LogP) is 3.10. The molecular formula is C17H14ClF2N7OS. The Labute approximate surface area is 173 Å². The SMILES string of the molecule is Nn1c(N/N=C/c2cccc(Cl)c2)nnc1SCC(=O)Nc1c(F)cccc1F. The lowest BCUT2D eigenvalue weighted by atomic mass is 10.2. The lowest BCUT2D eigenvalue weighted by molar-refractivity contribution is -0.113. The quantitative estimate of drug-likeness (QED) is 0.227. The Morgan fingerprint density at radius 2 is 1.97 bits per heavy atom. The maximum absolute atomic E-state index is 13.6. The van der Waals surface area contributed by atoms with E-state index in [-0.39, 0.29) is 16.9 Å². The van der Waals surface area contributed by atoms with Crippen molar-refractivity contribution in [3.8, 4) is 0 Å². The molecule has 0 spiro atoms. The van der Waals surface area contributed by atoms with Crippen molar-refractivity contribution in [2.45, 2.75) is 5.16 Å². The third-order valence-corrected chi connectivity index (χ3v) is 4.63. The molecule has 8 nitrogen and oxygen atoms in total. The molecule has 0 saturated heterocycles. The van der Waals surface area contributed by atoms with Crippen LogP contribution in [0.3, 0.4) is 0 Å². The van der Waals surface area contributed by atoms with Crippen LogP contribution < -0.4 is 16.6 Å². The molecule has 0 unspecified atom stereocenters. The molecule has 150 valence electrons. The Balaban J connectivity index is 1.56. The number of benzene rings is 2. The molecule has 0 bridgehead atoms. The fourth-order valence-corrected chi connectivity index (χ4v) is 2.98. The molecule has 0 aliphatic carbocycles. The van der Waals surface area contributed by atoms with E-state index in [9.17, 15) is 13.6 Å². The average molecular weight is 438 g/mol. The first-order valence-electron chi connectivity index (χ1n) is 8.06. The van der Waals surface area contributed by atoms with Gasteiger partial charge >= 0.3 is 0 Å². The Hall–Kier alpha value is -3.18. The highest BCUT2D eigenvalue weighted by atomic mass is 35.5. The number of thioether (sulfide) groups is 1. The number of rotatable bonds is 7. The van der Waals surface area contributed by atoms with Crippen molar-refractivity contribution in [2.24, 2.45) is 5.10 Å². The van der Waals surface area contributed by atoms with Gasteiger partial charge in [0, 0.05) is 5.02 Å². The Morgan fingerprint density at radius 3 is 2.69 bits per heavy atom. The number of amides is 1. The second-order valence-electron chi connectivity index (χ2n) is 5.53. The van der Waals surface area contributed by atoms with Crippen LogP contribution in [0.1, 0.15) is 5.56 Å². The van der Waals surface area contributed by atoms with Gasteiger partial charge in [0.25, 0.3) is 5.95 Å². The van der Waals surface area contributed by atoms with E-state index in [0.29, 0.717) is 5.02 Å². The summed E-state index contributed by atoms with van der Waals surface area (Å²) < 4.78 is 28.2. The Bertz CT molecular complexity index is 1040. The van der Waals surface area contributed by atoms with Gasteiger partial charge in [0.15, 0.2) is 0 Å². The molecule has 1 heterocycles. The molecule has 0 saturated carbocycles. The van der Waals surface area contributed by atoms with E-state index in [1.807, 2.05) is 6.07 Å². The zero-order valence-electron chi connectivity index (χ0n) is 14.6. The monoisotopic (exact) mass is 437 g/mol. The van der Waals surface area contributed by atoms with E-state index < -0.39 is 23.2 Å². The minimum atomic E-state index is -0.866. The number of nitrogens with zero attached hydrogens (tertiary/aromatic N) is 4. The van der Waals surface area contributed by atoms with Gasteiger partial charge in [-0.05, 0) is 29.8 Å². The first-order chi connectivity index (χ1) is 13.9. The van der Waals surface area contributed by atoms with E-state index >= 15 is 0 Å². The fourth-order valence-electron chi connectivity index (χ4n) is 2.13. The number of aromatic nitrogens is 3. The zero-order chi connectivity index (χ0) is 20.8. The van der Waals surface area contributed by atoms with Crippen LogP contribution in [-0.4, -0.2) is 32.7 Å². The highest BCUT2D eigenvalue weighted by molar-refractivity contribution is 7.99. The van der Waals surface area contributed by atoms with Crippen LogP contribution in [-0.2, 0) is 4.79 Å². The third-order valence-electron chi connectivity index (χ3n) is 3.45. The van der Waals surface area contributed by atoms with Gasteiger partial charge in [0.05, 0.1) is 12.0 Å². The van der Waals surface area contributed by atoms with Crippen molar-refractivity contribution in [3.05, 3.63) is 64.7 Å². The molecular weight excluding hydrogens is 424 g/mol. The van der Waals surface area contributed by atoms with Crippen molar-refractivity contribution in [1.29, 1.82) is 0 Å². The second kappa shape index (κ2) is 9.34. The van der Waals surface area contributed by atoms with Crippen LogP contribution >= 0.6 is 23.4 Å². The van der Waals surface area contributed by atoms with Gasteiger partial charge in [-0.2, -0.15) is 5.10 Å². The Kier molecular flexibility index (Phi) is 6.62. The molecule has 29 heavy (non-hydrogen) atoms. The summed E-state index contributed by atoms with van der Waals surface area (Å²) in [6.07, 6.45) is 1.52. The van der Waals surface area contributed by atoms with Gasteiger partial charge in [0.1, 0.15) is 17.3 Å². The minimum absolute atomic E-state index is 0.131. The molecule has 0 fully saturated rings. The zero-order valence-corrected chi connectivity index (χ0v) is 16.2. The molecule has 12 heteroatoms. The van der Waals surface area contributed by atoms with Gasteiger partial charge in [-0.15, -0.1) is 10.2 Å². The number of anilines is 2. The van der Waals surface area contributed by atoms with E-state index in [2.05, 4.69) is 26.0 Å². The fraction of sp³-hybridized carbons (Fsp3) is 0.0588. The maximum Gasteiger partial charge on any atom is 0.264 e. The average Bonchev–Trinajstić information content (AvgIpc) is 3.03. The highest BCUT2D eigenvalue weighted by Crippen LogP contribution is 2.20. The van der Waals surface area contributed by atoms with E-state index in [1.165, 1.54) is 12.3 Å². The lowest BCUT2D eigenvalue weighted by Gasteiger charge is -2.07. The topological polar surface area (TPSA) is 110 Å². The third kappa shape index (κ3) is 5.42. The molecule has 0 atom stereocenters. The number of hydrogen-bond donors (Lipinski definition) is 3. The number of nitrogens with two attached hydrogens (primary N) is 1. The maximum atomic E-state index is 13.6. The van der Waals surface area contributed by atoms with Crippen LogP contribution in [0.5, 0.6) is 0 Å². The normalized spacial score (nSPS) is 11.0. The Morgan fingerprint density at radius 1 is 1.24 bits per heavy atom. The number of hydrogen-bond acceptors (Lipinski definition) is 7. The van der Waals surface area contributed by atoms with Crippen LogP contribution in [0.15, 0.2) is 52.7 Å². The molecule has 0 aliphatic heterocycles. The highest BCUT2D eigenvalue weighted by Gasteiger charge is 2.15. The van der Waals surface area contributed by atoms with Crippen molar-refractivity contribution in [1.82, 2.24) is 14.9 Å². The van der Waals surface area contributed by atoms with Crippen LogP contribution in [0.2, 0.25) is 5.02 Å². The van der Waals surface area contributed by atoms with Gasteiger partial charge in [-0.1, -0.05) is 41.6 Å². The molecule has 3 aromatic rings. The molecule has 3 rings (SSSR count). The number of hydrazone groups is 1. The van der Waals surface area contributed by atoms with Crippen molar-refractivity contribution in [2.75, 3.05) is 22.3 Å². The standard InChI is InChI=1S/C17H14ClF2N7OS/c18-11-4-1-3-10(7-11)8-22-24-16-25-26-17(27(16)21)29-9-14(28)23-15-12(19)5-2-6-13(15)20/h1-8H,9,21H2,(H,23,28)(H,24,25)/b22-8+. The van der Waals surface area contributed by atoms with Crippen molar-refractivity contribution >= 4 is 47.1 Å². The summed E-state index contributed by atoms with van der Waals surface area (Å²) in [5, 5.41) is 14.6. The van der Waals surface area contributed by atoms with Crippen LogP contribution in [0.25, 0.3) is 0 Å². The molecule has 0 aliphatic rings.